The summed E-state index contributed by atoms with van der Waals surface area (Å²) in [6, 6.07) is 2.64. The van der Waals surface area contributed by atoms with Crippen LogP contribution in [0.4, 0.5) is 0 Å². The lowest BCUT2D eigenvalue weighted by Crippen LogP contribution is -2.64. The first-order chi connectivity index (χ1) is 9.28. The van der Waals surface area contributed by atoms with E-state index in [0.717, 1.165) is 24.8 Å². The van der Waals surface area contributed by atoms with E-state index in [0.29, 0.717) is 18.4 Å². The molecule has 4 aliphatic rings. The predicted molar refractivity (Wildman–Crippen MR) is 72.0 cm³/mol. The highest BCUT2D eigenvalue weighted by molar-refractivity contribution is 5.21. The van der Waals surface area contributed by atoms with Crippen molar-refractivity contribution < 1.29 is 0 Å². The first-order valence-electron chi connectivity index (χ1n) is 7.45. The van der Waals surface area contributed by atoms with Crippen molar-refractivity contribution in [1.82, 2.24) is 5.32 Å². The highest BCUT2D eigenvalue weighted by Gasteiger charge is 2.57. The summed E-state index contributed by atoms with van der Waals surface area (Å²) in [5.41, 5.74) is 7.97. The van der Waals surface area contributed by atoms with E-state index >= 15 is 0 Å². The molecule has 102 valence electrons. The van der Waals surface area contributed by atoms with Crippen LogP contribution in [0.15, 0.2) is 5.11 Å². The molecule has 0 spiro atoms. The van der Waals surface area contributed by atoms with Gasteiger partial charge >= 0.3 is 0 Å². The van der Waals surface area contributed by atoms with Crippen molar-refractivity contribution in [3.8, 4) is 6.07 Å². The largest absolute Gasteiger partial charge is 0.299 e. The van der Waals surface area contributed by atoms with Gasteiger partial charge in [0.25, 0.3) is 0 Å². The molecule has 4 fully saturated rings. The third kappa shape index (κ3) is 2.09. The van der Waals surface area contributed by atoms with Crippen LogP contribution < -0.4 is 5.32 Å². The molecule has 4 saturated carbocycles. The molecule has 19 heavy (non-hydrogen) atoms. The van der Waals surface area contributed by atoms with E-state index in [-0.39, 0.29) is 5.54 Å². The number of nitrogens with one attached hydrogen (secondary N) is 1. The standard InChI is InChI=1S/C14H21N5/c15-9-14(17-2-1-3-18-19-16)12-5-10-4-11(7-12)8-13(14)6-10/h10-13,17H,1-8H2. The minimum atomic E-state index is -0.288. The van der Waals surface area contributed by atoms with Crippen LogP contribution in [0, 0.1) is 35.0 Å². The van der Waals surface area contributed by atoms with Crippen LogP contribution in [0.3, 0.4) is 0 Å². The number of nitrogens with zero attached hydrogens (tertiary/aromatic N) is 4. The maximum absolute atomic E-state index is 9.76. The van der Waals surface area contributed by atoms with Gasteiger partial charge in [0.2, 0.25) is 0 Å². The Labute approximate surface area is 114 Å². The maximum Gasteiger partial charge on any atom is 0.112 e. The summed E-state index contributed by atoms with van der Waals surface area (Å²) in [4.78, 5) is 2.76. The molecule has 5 nitrogen and oxygen atoms in total. The van der Waals surface area contributed by atoms with Crippen LogP contribution in [-0.4, -0.2) is 18.6 Å². The summed E-state index contributed by atoms with van der Waals surface area (Å²) >= 11 is 0. The second-order valence-corrected chi connectivity index (χ2v) is 6.52. The fraction of sp³-hybridized carbons (Fsp3) is 0.929. The lowest BCUT2D eigenvalue weighted by molar-refractivity contribution is -0.0464. The summed E-state index contributed by atoms with van der Waals surface area (Å²) in [5, 5.41) is 16.9. The van der Waals surface area contributed by atoms with Gasteiger partial charge in [-0.05, 0) is 74.3 Å². The zero-order chi connectivity index (χ0) is 13.3. The molecule has 5 heteroatoms. The first-order valence-corrected chi connectivity index (χ1v) is 7.45. The van der Waals surface area contributed by atoms with Crippen molar-refractivity contribution in [2.75, 3.05) is 13.1 Å². The molecule has 4 rings (SSSR count). The zero-order valence-corrected chi connectivity index (χ0v) is 11.3. The second kappa shape index (κ2) is 5.03. The Bertz CT molecular complexity index is 404. The molecule has 0 radical (unpaired) electrons. The molecule has 0 saturated heterocycles. The van der Waals surface area contributed by atoms with Crippen molar-refractivity contribution in [2.45, 2.75) is 44.1 Å². The number of rotatable bonds is 5. The summed E-state index contributed by atoms with van der Waals surface area (Å²) in [6.07, 6.45) is 7.19. The van der Waals surface area contributed by atoms with E-state index in [1.807, 2.05) is 0 Å². The van der Waals surface area contributed by atoms with Crippen LogP contribution in [-0.2, 0) is 0 Å². The fourth-order valence-corrected chi connectivity index (χ4v) is 4.93. The topological polar surface area (TPSA) is 84.6 Å². The van der Waals surface area contributed by atoms with Crippen LogP contribution in [0.2, 0.25) is 0 Å². The molecule has 0 amide bonds. The molecule has 0 atom stereocenters. The van der Waals surface area contributed by atoms with Crippen LogP contribution >= 0.6 is 0 Å². The van der Waals surface area contributed by atoms with Crippen molar-refractivity contribution >= 4 is 0 Å². The predicted octanol–water partition coefficient (Wildman–Crippen LogP) is 2.99. The van der Waals surface area contributed by atoms with Gasteiger partial charge < -0.3 is 0 Å². The van der Waals surface area contributed by atoms with E-state index in [2.05, 4.69) is 21.4 Å². The quantitative estimate of drug-likeness (QED) is 0.356. The van der Waals surface area contributed by atoms with E-state index in [1.165, 1.54) is 32.1 Å². The summed E-state index contributed by atoms with van der Waals surface area (Å²) < 4.78 is 0. The van der Waals surface area contributed by atoms with Crippen LogP contribution in [0.5, 0.6) is 0 Å². The highest BCUT2D eigenvalue weighted by Crippen LogP contribution is 2.58. The van der Waals surface area contributed by atoms with Crippen molar-refractivity contribution in [3.63, 3.8) is 0 Å². The normalized spacial score (nSPS) is 42.7. The molecular formula is C14H21N5. The van der Waals surface area contributed by atoms with E-state index in [1.54, 1.807) is 0 Å². The van der Waals surface area contributed by atoms with Crippen molar-refractivity contribution in [2.24, 2.45) is 28.8 Å². The summed E-state index contributed by atoms with van der Waals surface area (Å²) in [7, 11) is 0. The molecule has 0 aromatic heterocycles. The molecule has 1 N–H and O–H groups in total. The number of hydrogen-bond acceptors (Lipinski definition) is 3. The smallest absolute Gasteiger partial charge is 0.112 e. The van der Waals surface area contributed by atoms with E-state index < -0.39 is 0 Å². The van der Waals surface area contributed by atoms with Gasteiger partial charge in [-0.3, -0.25) is 5.32 Å². The van der Waals surface area contributed by atoms with Gasteiger partial charge in [0.1, 0.15) is 5.54 Å². The Morgan fingerprint density at radius 3 is 2.37 bits per heavy atom. The van der Waals surface area contributed by atoms with Crippen molar-refractivity contribution in [1.29, 1.82) is 5.26 Å². The third-order valence-electron chi connectivity index (χ3n) is 5.53. The van der Waals surface area contributed by atoms with Gasteiger partial charge in [0.05, 0.1) is 6.07 Å². The minimum absolute atomic E-state index is 0.288. The van der Waals surface area contributed by atoms with Gasteiger partial charge in [0.15, 0.2) is 0 Å². The van der Waals surface area contributed by atoms with Gasteiger partial charge in [-0.15, -0.1) is 0 Å². The first kappa shape index (κ1) is 12.8. The lowest BCUT2D eigenvalue weighted by Gasteiger charge is -2.58. The van der Waals surface area contributed by atoms with Crippen molar-refractivity contribution in [3.05, 3.63) is 10.4 Å². The molecule has 4 bridgehead atoms. The molecule has 0 unspecified atom stereocenters. The Balaban J connectivity index is 1.66. The zero-order valence-electron chi connectivity index (χ0n) is 11.3. The monoisotopic (exact) mass is 259 g/mol. The van der Waals surface area contributed by atoms with Crippen LogP contribution in [0.25, 0.3) is 10.4 Å². The Hall–Kier alpha value is -1.24. The van der Waals surface area contributed by atoms with Gasteiger partial charge in [-0.2, -0.15) is 5.26 Å². The lowest BCUT2D eigenvalue weighted by atomic mass is 9.49. The molecule has 0 aliphatic heterocycles. The molecule has 0 aromatic carbocycles. The molecular weight excluding hydrogens is 238 g/mol. The molecule has 0 aromatic rings. The SMILES string of the molecule is N#CC1(NCCCN=[N+]=[N-])C2CC3CC(C2)CC1C3. The average Bonchev–Trinajstić information content (AvgIpc) is 2.41. The Morgan fingerprint density at radius 2 is 1.84 bits per heavy atom. The minimum Gasteiger partial charge on any atom is -0.299 e. The van der Waals surface area contributed by atoms with Gasteiger partial charge in [0, 0.05) is 11.5 Å². The van der Waals surface area contributed by atoms with Gasteiger partial charge in [-0.25, -0.2) is 0 Å². The summed E-state index contributed by atoms with van der Waals surface area (Å²) in [5.74, 6) is 2.87. The fourth-order valence-electron chi connectivity index (χ4n) is 4.93. The Morgan fingerprint density at radius 1 is 1.21 bits per heavy atom. The second-order valence-electron chi connectivity index (χ2n) is 6.52. The number of hydrogen-bond donors (Lipinski definition) is 1. The number of nitriles is 1. The van der Waals surface area contributed by atoms with E-state index in [4.69, 9.17) is 5.53 Å². The Kier molecular flexibility index (Phi) is 3.38. The third-order valence-corrected chi connectivity index (χ3v) is 5.53. The highest BCUT2D eigenvalue weighted by atomic mass is 15.1. The summed E-state index contributed by atoms with van der Waals surface area (Å²) in [6.45, 7) is 1.31. The van der Waals surface area contributed by atoms with Crippen LogP contribution in [0.1, 0.15) is 38.5 Å². The molecule has 4 aliphatic carbocycles. The van der Waals surface area contributed by atoms with E-state index in [9.17, 15) is 5.26 Å². The number of azide groups is 1. The van der Waals surface area contributed by atoms with Gasteiger partial charge in [-0.1, -0.05) is 5.11 Å². The average molecular weight is 259 g/mol. The molecule has 0 heterocycles. The maximum atomic E-state index is 9.76.